The van der Waals surface area contributed by atoms with Crippen LogP contribution in [0.5, 0.6) is 0 Å². The molecule has 0 aliphatic heterocycles. The Labute approximate surface area is 185 Å². The van der Waals surface area contributed by atoms with Crippen LogP contribution in [0.1, 0.15) is 42.2 Å². The van der Waals surface area contributed by atoms with Crippen LogP contribution in [0.3, 0.4) is 0 Å². The van der Waals surface area contributed by atoms with Crippen LogP contribution >= 0.6 is 23.1 Å². The highest BCUT2D eigenvalue weighted by atomic mass is 32.2. The number of aryl methyl sites for hydroxylation is 3. The number of hydrogen-bond donors (Lipinski definition) is 0. The summed E-state index contributed by atoms with van der Waals surface area (Å²) in [4.78, 5) is 35.0. The molecule has 0 N–H and O–H groups in total. The lowest BCUT2D eigenvalue weighted by Gasteiger charge is -2.19. The van der Waals surface area contributed by atoms with Crippen LogP contribution in [0.4, 0.5) is 0 Å². The Hall–Kier alpha value is -2.12. The lowest BCUT2D eigenvalue weighted by Crippen LogP contribution is -2.31. The van der Waals surface area contributed by atoms with Gasteiger partial charge in [0.05, 0.1) is 16.3 Å². The summed E-state index contributed by atoms with van der Waals surface area (Å²) < 4.78 is 1.72. The van der Waals surface area contributed by atoms with Gasteiger partial charge in [0.25, 0.3) is 5.56 Å². The molecule has 1 atom stereocenters. The first-order chi connectivity index (χ1) is 14.4. The maximum absolute atomic E-state index is 13.9. The van der Waals surface area contributed by atoms with Gasteiger partial charge in [0.1, 0.15) is 4.83 Å². The standard InChI is InChI=1S/C23H27N3O2S2/c1-14-10-8-9-12-17(14)26-22(28)19-16-11-6-5-7-13-18(16)30-20(19)24-23(26)29-15(2)21(27)25(3)4/h8-10,12,15H,5-7,11,13H2,1-4H3. The molecule has 1 aromatic carbocycles. The summed E-state index contributed by atoms with van der Waals surface area (Å²) >= 11 is 3.01. The molecule has 4 rings (SSSR count). The molecule has 0 saturated heterocycles. The predicted octanol–water partition coefficient (Wildman–Crippen LogP) is 4.59. The lowest BCUT2D eigenvalue weighted by atomic mass is 10.1. The van der Waals surface area contributed by atoms with Gasteiger partial charge in [-0.15, -0.1) is 11.3 Å². The molecular formula is C23H27N3O2S2. The Bertz CT molecular complexity index is 1160. The van der Waals surface area contributed by atoms with Gasteiger partial charge in [-0.25, -0.2) is 4.98 Å². The van der Waals surface area contributed by atoms with E-state index in [4.69, 9.17) is 4.98 Å². The van der Waals surface area contributed by atoms with Gasteiger partial charge in [-0.2, -0.15) is 0 Å². The van der Waals surface area contributed by atoms with Gasteiger partial charge in [-0.3, -0.25) is 14.2 Å². The van der Waals surface area contributed by atoms with Crippen LogP contribution < -0.4 is 5.56 Å². The van der Waals surface area contributed by atoms with E-state index in [0.717, 1.165) is 40.7 Å². The van der Waals surface area contributed by atoms with Crippen LogP contribution in [0, 0.1) is 6.92 Å². The maximum Gasteiger partial charge on any atom is 0.267 e. The first-order valence-corrected chi connectivity index (χ1v) is 12.1. The van der Waals surface area contributed by atoms with Crippen molar-refractivity contribution in [2.75, 3.05) is 14.1 Å². The van der Waals surface area contributed by atoms with Gasteiger partial charge < -0.3 is 4.90 Å². The molecule has 7 heteroatoms. The van der Waals surface area contributed by atoms with E-state index in [9.17, 15) is 9.59 Å². The topological polar surface area (TPSA) is 55.2 Å². The number of amides is 1. The van der Waals surface area contributed by atoms with Gasteiger partial charge in [0, 0.05) is 19.0 Å². The second-order valence-corrected chi connectivity index (χ2v) is 10.5. The summed E-state index contributed by atoms with van der Waals surface area (Å²) in [5.74, 6) is 0.00708. The van der Waals surface area contributed by atoms with E-state index < -0.39 is 0 Å². The number of thioether (sulfide) groups is 1. The maximum atomic E-state index is 13.9. The van der Waals surface area contributed by atoms with Gasteiger partial charge in [0.15, 0.2) is 5.16 Å². The molecule has 0 radical (unpaired) electrons. The highest BCUT2D eigenvalue weighted by molar-refractivity contribution is 8.00. The van der Waals surface area contributed by atoms with Crippen LogP contribution in [0.15, 0.2) is 34.2 Å². The van der Waals surface area contributed by atoms with Crippen LogP contribution in [-0.2, 0) is 17.6 Å². The SMILES string of the molecule is Cc1ccccc1-n1c(SC(C)C(=O)N(C)C)nc2sc3c(c2c1=O)CCCCC3. The van der Waals surface area contributed by atoms with Crippen LogP contribution in [-0.4, -0.2) is 39.7 Å². The fourth-order valence-corrected chi connectivity index (χ4v) is 6.41. The van der Waals surface area contributed by atoms with Crippen molar-refractivity contribution >= 4 is 39.2 Å². The number of aromatic nitrogens is 2. The summed E-state index contributed by atoms with van der Waals surface area (Å²) in [7, 11) is 3.50. The summed E-state index contributed by atoms with van der Waals surface area (Å²) in [6, 6.07) is 7.87. The van der Waals surface area contributed by atoms with Crippen LogP contribution in [0.2, 0.25) is 0 Å². The Kier molecular flexibility index (Phi) is 6.02. The zero-order valence-electron chi connectivity index (χ0n) is 17.9. The summed E-state index contributed by atoms with van der Waals surface area (Å²) in [6.07, 6.45) is 5.47. The smallest absolute Gasteiger partial charge is 0.267 e. The van der Waals surface area contributed by atoms with E-state index in [1.54, 1.807) is 34.9 Å². The third-order valence-corrected chi connectivity index (χ3v) is 7.86. The summed E-state index contributed by atoms with van der Waals surface area (Å²) in [5.41, 5.74) is 3.02. The van der Waals surface area contributed by atoms with Crippen molar-refractivity contribution < 1.29 is 4.79 Å². The highest BCUT2D eigenvalue weighted by Crippen LogP contribution is 2.35. The number of carbonyl (C=O) groups is 1. The number of fused-ring (bicyclic) bond motifs is 3. The van der Waals surface area contributed by atoms with Crippen molar-refractivity contribution in [3.8, 4) is 5.69 Å². The van der Waals surface area contributed by atoms with Crippen LogP contribution in [0.25, 0.3) is 15.9 Å². The van der Waals surface area contributed by atoms with Gasteiger partial charge in [-0.05, 0) is 56.7 Å². The normalized spacial score (nSPS) is 14.9. The molecule has 0 fully saturated rings. The van der Waals surface area contributed by atoms with E-state index >= 15 is 0 Å². The van der Waals surface area contributed by atoms with Crippen molar-refractivity contribution in [3.05, 3.63) is 50.6 Å². The number of nitrogens with zero attached hydrogens (tertiary/aromatic N) is 3. The summed E-state index contributed by atoms with van der Waals surface area (Å²) in [6.45, 7) is 3.87. The Morgan fingerprint density at radius 2 is 1.93 bits per heavy atom. The Morgan fingerprint density at radius 3 is 2.67 bits per heavy atom. The molecule has 0 spiro atoms. The third-order valence-electron chi connectivity index (χ3n) is 5.64. The third kappa shape index (κ3) is 3.81. The predicted molar refractivity (Wildman–Crippen MR) is 125 cm³/mol. The van der Waals surface area contributed by atoms with Crippen molar-refractivity contribution in [1.29, 1.82) is 0 Å². The van der Waals surface area contributed by atoms with E-state index in [2.05, 4.69) is 0 Å². The largest absolute Gasteiger partial charge is 0.348 e. The first kappa shape index (κ1) is 21.1. The van der Waals surface area contributed by atoms with E-state index in [1.165, 1.54) is 35.0 Å². The molecule has 1 aliphatic rings. The average molecular weight is 442 g/mol. The zero-order chi connectivity index (χ0) is 21.4. The van der Waals surface area contributed by atoms with E-state index in [0.29, 0.717) is 5.16 Å². The number of hydrogen-bond acceptors (Lipinski definition) is 5. The fraction of sp³-hybridized carbons (Fsp3) is 0.435. The molecule has 0 bridgehead atoms. The molecule has 1 unspecified atom stereocenters. The van der Waals surface area contributed by atoms with Gasteiger partial charge >= 0.3 is 0 Å². The molecule has 1 aliphatic carbocycles. The zero-order valence-corrected chi connectivity index (χ0v) is 19.5. The molecule has 3 aromatic rings. The number of carbonyl (C=O) groups excluding carboxylic acids is 1. The molecule has 0 saturated carbocycles. The molecule has 2 heterocycles. The lowest BCUT2D eigenvalue weighted by molar-refractivity contribution is -0.127. The molecule has 158 valence electrons. The second-order valence-electron chi connectivity index (χ2n) is 8.06. The minimum Gasteiger partial charge on any atom is -0.348 e. The fourth-order valence-electron chi connectivity index (χ4n) is 4.04. The highest BCUT2D eigenvalue weighted by Gasteiger charge is 2.25. The molecule has 30 heavy (non-hydrogen) atoms. The van der Waals surface area contributed by atoms with Crippen molar-refractivity contribution in [2.45, 2.75) is 56.4 Å². The number of rotatable bonds is 4. The summed E-state index contributed by atoms with van der Waals surface area (Å²) in [5, 5.41) is 1.02. The average Bonchev–Trinajstić information content (AvgIpc) is 2.89. The van der Waals surface area contributed by atoms with Crippen molar-refractivity contribution in [2.24, 2.45) is 0 Å². The monoisotopic (exact) mass is 441 g/mol. The van der Waals surface area contributed by atoms with E-state index in [1.807, 2.05) is 38.1 Å². The number of thiophene rings is 1. The molecule has 2 aromatic heterocycles. The minimum absolute atomic E-state index is 0.00708. The minimum atomic E-state index is -0.336. The van der Waals surface area contributed by atoms with Gasteiger partial charge in [0.2, 0.25) is 5.91 Å². The number of benzene rings is 1. The quantitative estimate of drug-likeness (QED) is 0.337. The first-order valence-electron chi connectivity index (χ1n) is 10.4. The Morgan fingerprint density at radius 1 is 1.20 bits per heavy atom. The number of para-hydroxylation sites is 1. The van der Waals surface area contributed by atoms with Crippen molar-refractivity contribution in [1.82, 2.24) is 14.5 Å². The Balaban J connectivity index is 1.95. The van der Waals surface area contributed by atoms with E-state index in [-0.39, 0.29) is 16.7 Å². The van der Waals surface area contributed by atoms with Gasteiger partial charge in [-0.1, -0.05) is 36.4 Å². The second kappa shape index (κ2) is 8.55. The molecule has 1 amide bonds. The molecule has 5 nitrogen and oxygen atoms in total. The molecular weight excluding hydrogens is 414 g/mol. The van der Waals surface area contributed by atoms with Crippen molar-refractivity contribution in [3.63, 3.8) is 0 Å².